The molecule has 1 aromatic heterocycles. The Morgan fingerprint density at radius 2 is 1.64 bits per heavy atom. The molecule has 1 aliphatic heterocycles. The number of benzene rings is 2. The van der Waals surface area contributed by atoms with E-state index in [4.69, 9.17) is 28.1 Å². The summed E-state index contributed by atoms with van der Waals surface area (Å²) in [4.78, 5) is 13.0. The SMILES string of the molecule is COc1cc(OC)c(NC(=O)c2ccc(Oc3c(C)cc4c(c3OC)[Si](C)(C)CCC4)o2)c(OC)c1. The summed E-state index contributed by atoms with van der Waals surface area (Å²) in [7, 11) is 4.56. The van der Waals surface area contributed by atoms with Gasteiger partial charge in [-0.15, -0.1) is 0 Å². The molecule has 4 rings (SSSR count). The van der Waals surface area contributed by atoms with E-state index >= 15 is 0 Å². The molecule has 0 spiro atoms. The van der Waals surface area contributed by atoms with Gasteiger partial charge in [0.05, 0.1) is 36.5 Å². The van der Waals surface area contributed by atoms with Crippen molar-refractivity contribution < 1.29 is 32.9 Å². The summed E-state index contributed by atoms with van der Waals surface area (Å²) in [5.74, 6) is 2.52. The molecule has 2 heterocycles. The molecule has 192 valence electrons. The van der Waals surface area contributed by atoms with Crippen molar-refractivity contribution in [3.8, 4) is 34.7 Å². The summed E-state index contributed by atoms with van der Waals surface area (Å²) in [5.41, 5.74) is 2.68. The van der Waals surface area contributed by atoms with Gasteiger partial charge in [-0.1, -0.05) is 31.6 Å². The van der Waals surface area contributed by atoms with Crippen LogP contribution in [0.2, 0.25) is 19.1 Å². The molecule has 36 heavy (non-hydrogen) atoms. The number of carbonyl (C=O) groups excluding carboxylic acids is 1. The molecule has 8 nitrogen and oxygen atoms in total. The quantitative estimate of drug-likeness (QED) is 0.398. The second kappa shape index (κ2) is 10.2. The number of fused-ring (bicyclic) bond motifs is 1. The molecule has 0 saturated carbocycles. The highest BCUT2D eigenvalue weighted by Gasteiger charge is 2.35. The Kier molecular flexibility index (Phi) is 7.21. The van der Waals surface area contributed by atoms with E-state index in [1.807, 2.05) is 6.92 Å². The highest BCUT2D eigenvalue weighted by molar-refractivity contribution is 6.91. The van der Waals surface area contributed by atoms with Gasteiger partial charge in [-0.2, -0.15) is 0 Å². The van der Waals surface area contributed by atoms with E-state index in [2.05, 4.69) is 24.5 Å². The lowest BCUT2D eigenvalue weighted by Crippen LogP contribution is -2.47. The summed E-state index contributed by atoms with van der Waals surface area (Å²) in [5, 5.41) is 4.10. The van der Waals surface area contributed by atoms with Crippen LogP contribution in [-0.4, -0.2) is 42.4 Å². The van der Waals surface area contributed by atoms with Crippen LogP contribution in [0.5, 0.6) is 34.7 Å². The lowest BCUT2D eigenvalue weighted by molar-refractivity contribution is 0.0991. The fraction of sp³-hybridized carbons (Fsp3) is 0.370. The first kappa shape index (κ1) is 25.5. The number of amides is 1. The topological polar surface area (TPSA) is 88.4 Å². The predicted octanol–water partition coefficient (Wildman–Crippen LogP) is 5.53. The second-order valence-electron chi connectivity index (χ2n) is 9.41. The average Bonchev–Trinajstić information content (AvgIpc) is 3.33. The van der Waals surface area contributed by atoms with E-state index in [-0.39, 0.29) is 11.7 Å². The van der Waals surface area contributed by atoms with Crippen molar-refractivity contribution in [1.29, 1.82) is 0 Å². The van der Waals surface area contributed by atoms with Crippen molar-refractivity contribution in [2.24, 2.45) is 0 Å². The van der Waals surface area contributed by atoms with Crippen molar-refractivity contribution in [2.75, 3.05) is 33.8 Å². The molecule has 0 unspecified atom stereocenters. The molecular formula is C27H33NO7Si. The van der Waals surface area contributed by atoms with Gasteiger partial charge in [0, 0.05) is 18.2 Å². The molecular weight excluding hydrogens is 478 g/mol. The lowest BCUT2D eigenvalue weighted by atomic mass is 10.0. The van der Waals surface area contributed by atoms with E-state index in [1.165, 1.54) is 37.4 Å². The van der Waals surface area contributed by atoms with Crippen LogP contribution >= 0.6 is 0 Å². The Labute approximate surface area is 212 Å². The van der Waals surface area contributed by atoms with Crippen LogP contribution in [0.1, 0.15) is 28.1 Å². The van der Waals surface area contributed by atoms with Crippen molar-refractivity contribution in [1.82, 2.24) is 0 Å². The van der Waals surface area contributed by atoms with E-state index in [1.54, 1.807) is 38.5 Å². The first-order valence-corrected chi connectivity index (χ1v) is 15.0. The number of hydrogen-bond acceptors (Lipinski definition) is 7. The number of anilines is 1. The van der Waals surface area contributed by atoms with E-state index < -0.39 is 14.0 Å². The Hall–Kier alpha value is -3.59. The fourth-order valence-electron chi connectivity index (χ4n) is 4.85. The molecule has 2 aromatic carbocycles. The van der Waals surface area contributed by atoms with Gasteiger partial charge in [-0.25, -0.2) is 0 Å². The number of furan rings is 1. The van der Waals surface area contributed by atoms with Crippen LogP contribution in [0.4, 0.5) is 5.69 Å². The summed E-state index contributed by atoms with van der Waals surface area (Å²) in [6.07, 6.45) is 2.25. The highest BCUT2D eigenvalue weighted by Crippen LogP contribution is 2.41. The molecule has 3 aromatic rings. The van der Waals surface area contributed by atoms with E-state index in [0.717, 1.165) is 17.7 Å². The maximum atomic E-state index is 13.0. The lowest BCUT2D eigenvalue weighted by Gasteiger charge is -2.33. The largest absolute Gasteiger partial charge is 0.496 e. The standard InChI is InChI=1S/C27H33NO7Si/c1-16-13-17-9-8-12-36(6,7)26(17)25(33-5)24(16)35-22-11-10-19(34-22)27(29)28-23-20(31-3)14-18(30-2)15-21(23)32-4/h10-11,13-15H,8-9,12H2,1-7H3,(H,28,29). The first-order chi connectivity index (χ1) is 17.2. The Bertz CT molecular complexity index is 1260. The summed E-state index contributed by atoms with van der Waals surface area (Å²) in [6, 6.07) is 9.90. The molecule has 9 heteroatoms. The monoisotopic (exact) mass is 511 g/mol. The molecule has 1 N–H and O–H groups in total. The zero-order chi connectivity index (χ0) is 26.0. The van der Waals surface area contributed by atoms with Crippen molar-refractivity contribution in [2.45, 2.75) is 38.9 Å². The molecule has 0 saturated heterocycles. The zero-order valence-corrected chi connectivity index (χ0v) is 22.9. The van der Waals surface area contributed by atoms with E-state index in [0.29, 0.717) is 28.7 Å². The third-order valence-electron chi connectivity index (χ3n) is 6.59. The van der Waals surface area contributed by atoms with Crippen LogP contribution in [0.25, 0.3) is 0 Å². The highest BCUT2D eigenvalue weighted by atomic mass is 28.3. The van der Waals surface area contributed by atoms with Crippen LogP contribution in [0.3, 0.4) is 0 Å². The van der Waals surface area contributed by atoms with Crippen molar-refractivity contribution >= 4 is 24.9 Å². The molecule has 0 fully saturated rings. The van der Waals surface area contributed by atoms with Gasteiger partial charge in [-0.05, 0) is 35.7 Å². The molecule has 1 amide bonds. The van der Waals surface area contributed by atoms with Gasteiger partial charge in [0.1, 0.15) is 22.9 Å². The summed E-state index contributed by atoms with van der Waals surface area (Å²) in [6.45, 7) is 6.73. The summed E-state index contributed by atoms with van der Waals surface area (Å²) >= 11 is 0. The van der Waals surface area contributed by atoms with Crippen molar-refractivity contribution in [3.63, 3.8) is 0 Å². The third kappa shape index (κ3) is 4.75. The van der Waals surface area contributed by atoms with Crippen LogP contribution < -0.4 is 34.2 Å². The summed E-state index contributed by atoms with van der Waals surface area (Å²) < 4.78 is 33.9. The minimum Gasteiger partial charge on any atom is -0.496 e. The number of aryl methyl sites for hydroxylation is 2. The van der Waals surface area contributed by atoms with Gasteiger partial charge in [0.2, 0.25) is 0 Å². The van der Waals surface area contributed by atoms with Gasteiger partial charge in [0.15, 0.2) is 17.3 Å². The van der Waals surface area contributed by atoms with Crippen LogP contribution in [0, 0.1) is 6.92 Å². The molecule has 0 bridgehead atoms. The zero-order valence-electron chi connectivity index (χ0n) is 21.9. The first-order valence-electron chi connectivity index (χ1n) is 11.8. The van der Waals surface area contributed by atoms with Gasteiger partial charge in [-0.3, -0.25) is 4.79 Å². The van der Waals surface area contributed by atoms with Crippen LogP contribution in [-0.2, 0) is 6.42 Å². The number of carbonyl (C=O) groups is 1. The normalized spacial score (nSPS) is 14.0. The molecule has 0 aliphatic carbocycles. The minimum absolute atomic E-state index is 0.0780. The number of hydrogen-bond donors (Lipinski definition) is 1. The fourth-order valence-corrected chi connectivity index (χ4v) is 8.05. The Balaban J connectivity index is 1.62. The maximum Gasteiger partial charge on any atom is 0.291 e. The number of nitrogens with one attached hydrogen (secondary N) is 1. The number of methoxy groups -OCH3 is 4. The Morgan fingerprint density at radius 3 is 2.25 bits per heavy atom. The van der Waals surface area contributed by atoms with Gasteiger partial charge < -0.3 is 33.4 Å². The third-order valence-corrected chi connectivity index (χ3v) is 10.1. The van der Waals surface area contributed by atoms with Gasteiger partial charge >= 0.3 is 0 Å². The molecule has 0 atom stereocenters. The number of ether oxygens (including phenoxy) is 5. The van der Waals surface area contributed by atoms with Gasteiger partial charge in [0.25, 0.3) is 11.9 Å². The van der Waals surface area contributed by atoms with Crippen LogP contribution in [0.15, 0.2) is 34.7 Å². The van der Waals surface area contributed by atoms with E-state index in [9.17, 15) is 4.79 Å². The molecule has 0 radical (unpaired) electrons. The maximum absolute atomic E-state index is 13.0. The molecule has 1 aliphatic rings. The second-order valence-corrected chi connectivity index (χ2v) is 14.2. The van der Waals surface area contributed by atoms with Crippen molar-refractivity contribution in [3.05, 3.63) is 47.2 Å². The predicted molar refractivity (Wildman–Crippen MR) is 141 cm³/mol. The average molecular weight is 512 g/mol. The number of rotatable bonds is 8. The minimum atomic E-state index is -1.66. The Morgan fingerprint density at radius 1 is 0.944 bits per heavy atom. The smallest absolute Gasteiger partial charge is 0.291 e.